The van der Waals surface area contributed by atoms with Gasteiger partial charge in [0.1, 0.15) is 0 Å². The fourth-order valence-electron chi connectivity index (χ4n) is 3.77. The van der Waals surface area contributed by atoms with Crippen molar-refractivity contribution in [3.05, 3.63) is 48.0 Å². The van der Waals surface area contributed by atoms with Crippen molar-refractivity contribution in [2.45, 2.75) is 32.7 Å². The van der Waals surface area contributed by atoms with Crippen LogP contribution in [-0.4, -0.2) is 43.0 Å². The first-order valence-corrected chi connectivity index (χ1v) is 10.5. The van der Waals surface area contributed by atoms with Crippen molar-refractivity contribution in [2.24, 2.45) is 17.6 Å². The summed E-state index contributed by atoms with van der Waals surface area (Å²) in [5, 5.41) is 8.34. The Balaban J connectivity index is 1.63. The molecule has 1 aliphatic rings. The van der Waals surface area contributed by atoms with Gasteiger partial charge in [-0.2, -0.15) is 0 Å². The highest BCUT2D eigenvalue weighted by Gasteiger charge is 2.29. The van der Waals surface area contributed by atoms with Gasteiger partial charge >= 0.3 is 6.03 Å². The second-order valence-electron chi connectivity index (χ2n) is 8.27. The maximum Gasteiger partial charge on any atom is 0.317 e. The molecule has 1 aliphatic heterocycles. The van der Waals surface area contributed by atoms with Crippen LogP contribution >= 0.6 is 0 Å². The summed E-state index contributed by atoms with van der Waals surface area (Å²) in [5.41, 5.74) is 6.98. The molecule has 0 radical (unpaired) electrons. The van der Waals surface area contributed by atoms with Gasteiger partial charge in [0, 0.05) is 26.2 Å². The van der Waals surface area contributed by atoms with Crippen molar-refractivity contribution < 1.29 is 9.59 Å². The van der Waals surface area contributed by atoms with Crippen LogP contribution in [0.5, 0.6) is 0 Å². The Morgan fingerprint density at radius 1 is 1.17 bits per heavy atom. The molecule has 4 N–H and O–H groups in total. The molecule has 156 valence electrons. The van der Waals surface area contributed by atoms with Crippen LogP contribution in [0.1, 0.15) is 38.3 Å². The van der Waals surface area contributed by atoms with Crippen LogP contribution < -0.4 is 16.4 Å². The van der Waals surface area contributed by atoms with E-state index < -0.39 is 0 Å². The largest absolute Gasteiger partial charge is 0.348 e. The molecular formula is C23H32N4O2. The molecular weight excluding hydrogens is 364 g/mol. The molecule has 1 saturated heterocycles. The van der Waals surface area contributed by atoms with E-state index in [0.717, 1.165) is 29.2 Å². The summed E-state index contributed by atoms with van der Waals surface area (Å²) in [5.74, 6) is 0.160. The molecule has 1 heterocycles. The van der Waals surface area contributed by atoms with Gasteiger partial charge in [-0.3, -0.25) is 4.79 Å². The van der Waals surface area contributed by atoms with E-state index in [4.69, 9.17) is 5.73 Å². The number of carbonyl (C=O) groups excluding carboxylic acids is 2. The van der Waals surface area contributed by atoms with Crippen molar-refractivity contribution in [1.82, 2.24) is 15.5 Å². The average molecular weight is 397 g/mol. The van der Waals surface area contributed by atoms with Crippen LogP contribution in [0.4, 0.5) is 4.79 Å². The lowest BCUT2D eigenvalue weighted by Crippen LogP contribution is -2.50. The van der Waals surface area contributed by atoms with E-state index in [2.05, 4.69) is 48.7 Å². The van der Waals surface area contributed by atoms with Gasteiger partial charge in [0.25, 0.3) is 0 Å². The Labute approximate surface area is 172 Å². The summed E-state index contributed by atoms with van der Waals surface area (Å²) < 4.78 is 0. The number of benzene rings is 2. The molecule has 2 aromatic carbocycles. The highest BCUT2D eigenvalue weighted by molar-refractivity contribution is 5.84. The van der Waals surface area contributed by atoms with Gasteiger partial charge in [-0.05, 0) is 41.2 Å². The molecule has 0 saturated carbocycles. The minimum absolute atomic E-state index is 0.0324. The fourth-order valence-corrected chi connectivity index (χ4v) is 3.77. The predicted molar refractivity (Wildman–Crippen MR) is 116 cm³/mol. The van der Waals surface area contributed by atoms with Crippen LogP contribution in [0, 0.1) is 11.8 Å². The number of urea groups is 1. The summed E-state index contributed by atoms with van der Waals surface area (Å²) in [6.07, 6.45) is 1.62. The first-order valence-electron chi connectivity index (χ1n) is 10.5. The van der Waals surface area contributed by atoms with E-state index in [9.17, 15) is 9.59 Å². The molecule has 2 atom stereocenters. The predicted octanol–water partition coefficient (Wildman–Crippen LogP) is 3.03. The maximum absolute atomic E-state index is 12.9. The number of rotatable bonds is 6. The summed E-state index contributed by atoms with van der Waals surface area (Å²) >= 11 is 0. The zero-order valence-corrected chi connectivity index (χ0v) is 17.4. The molecule has 29 heavy (non-hydrogen) atoms. The van der Waals surface area contributed by atoms with E-state index in [1.807, 2.05) is 18.2 Å². The van der Waals surface area contributed by atoms with Gasteiger partial charge in [0.2, 0.25) is 5.91 Å². The van der Waals surface area contributed by atoms with E-state index in [-0.39, 0.29) is 23.9 Å². The summed E-state index contributed by atoms with van der Waals surface area (Å²) in [4.78, 5) is 27.0. The molecule has 3 rings (SSSR count). The van der Waals surface area contributed by atoms with E-state index in [1.54, 1.807) is 4.90 Å². The van der Waals surface area contributed by atoms with Crippen LogP contribution in [0.15, 0.2) is 42.5 Å². The molecule has 0 aliphatic carbocycles. The van der Waals surface area contributed by atoms with Crippen LogP contribution in [0.25, 0.3) is 10.8 Å². The topological polar surface area (TPSA) is 87.5 Å². The molecule has 0 aromatic heterocycles. The number of hydrogen-bond donors (Lipinski definition) is 3. The molecule has 0 bridgehead atoms. The summed E-state index contributed by atoms with van der Waals surface area (Å²) in [6, 6.07) is 14.0. The minimum Gasteiger partial charge on any atom is -0.348 e. The molecule has 6 nitrogen and oxygen atoms in total. The fraction of sp³-hybridized carbons (Fsp3) is 0.478. The standard InChI is InChI=1S/C23H32N4O2/c1-16(2)14-25-23(29)27-11-5-8-20(15-27)22(28)26-21(13-24)19-10-9-17-6-3-4-7-18(17)12-19/h3-4,6-7,9-10,12,16,20-21H,5,8,11,13-15,24H2,1-2H3,(H,25,29)(H,26,28). The van der Waals surface area contributed by atoms with Crippen molar-refractivity contribution >= 4 is 22.7 Å². The first-order chi connectivity index (χ1) is 14.0. The molecule has 2 unspecified atom stereocenters. The van der Waals surface area contributed by atoms with Crippen molar-refractivity contribution in [3.8, 4) is 0 Å². The summed E-state index contributed by atoms with van der Waals surface area (Å²) in [7, 11) is 0. The monoisotopic (exact) mass is 396 g/mol. The van der Waals surface area contributed by atoms with Crippen molar-refractivity contribution in [1.29, 1.82) is 0 Å². The minimum atomic E-state index is -0.239. The second-order valence-corrected chi connectivity index (χ2v) is 8.27. The van der Waals surface area contributed by atoms with Gasteiger partial charge < -0.3 is 21.3 Å². The SMILES string of the molecule is CC(C)CNC(=O)N1CCCC(C(=O)NC(CN)c2ccc3ccccc3c2)C1. The smallest absolute Gasteiger partial charge is 0.317 e. The lowest BCUT2D eigenvalue weighted by Gasteiger charge is -2.33. The molecule has 2 aromatic rings. The number of likely N-dealkylation sites (tertiary alicyclic amines) is 1. The van der Waals surface area contributed by atoms with Crippen LogP contribution in [-0.2, 0) is 4.79 Å². The zero-order chi connectivity index (χ0) is 20.8. The van der Waals surface area contributed by atoms with E-state index >= 15 is 0 Å². The van der Waals surface area contributed by atoms with E-state index in [1.165, 1.54) is 0 Å². The van der Waals surface area contributed by atoms with Gasteiger partial charge in [0.05, 0.1) is 12.0 Å². The number of nitrogens with two attached hydrogens (primary N) is 1. The highest BCUT2D eigenvalue weighted by Crippen LogP contribution is 2.22. The quantitative estimate of drug-likeness (QED) is 0.701. The Morgan fingerprint density at radius 2 is 1.93 bits per heavy atom. The van der Waals surface area contributed by atoms with Crippen LogP contribution in [0.3, 0.4) is 0 Å². The first kappa shape index (κ1) is 21.1. The van der Waals surface area contributed by atoms with Gasteiger partial charge in [-0.15, -0.1) is 0 Å². The Kier molecular flexibility index (Phi) is 7.09. The number of piperidine rings is 1. The van der Waals surface area contributed by atoms with E-state index in [0.29, 0.717) is 32.1 Å². The maximum atomic E-state index is 12.9. The number of hydrogen-bond acceptors (Lipinski definition) is 3. The molecule has 6 heteroatoms. The number of nitrogens with zero attached hydrogens (tertiary/aromatic N) is 1. The number of nitrogens with one attached hydrogen (secondary N) is 2. The third-order valence-corrected chi connectivity index (χ3v) is 5.47. The number of carbonyl (C=O) groups is 2. The molecule has 1 fully saturated rings. The normalized spacial score (nSPS) is 17.9. The third kappa shape index (κ3) is 5.48. The number of fused-ring (bicyclic) bond motifs is 1. The lowest BCUT2D eigenvalue weighted by atomic mass is 9.96. The lowest BCUT2D eigenvalue weighted by molar-refractivity contribution is -0.127. The van der Waals surface area contributed by atoms with Crippen LogP contribution in [0.2, 0.25) is 0 Å². The van der Waals surface area contributed by atoms with Crippen molar-refractivity contribution in [3.63, 3.8) is 0 Å². The Hall–Kier alpha value is -2.60. The summed E-state index contributed by atoms with van der Waals surface area (Å²) in [6.45, 7) is 6.24. The zero-order valence-electron chi connectivity index (χ0n) is 17.4. The van der Waals surface area contributed by atoms with Crippen molar-refractivity contribution in [2.75, 3.05) is 26.2 Å². The Bertz CT molecular complexity index is 852. The third-order valence-electron chi connectivity index (χ3n) is 5.47. The molecule has 0 spiro atoms. The second kappa shape index (κ2) is 9.74. The van der Waals surface area contributed by atoms with Gasteiger partial charge in [0.15, 0.2) is 0 Å². The molecule has 3 amide bonds. The van der Waals surface area contributed by atoms with Gasteiger partial charge in [-0.25, -0.2) is 4.79 Å². The highest BCUT2D eigenvalue weighted by atomic mass is 16.2. The average Bonchev–Trinajstić information content (AvgIpc) is 2.75. The number of amides is 3. The van der Waals surface area contributed by atoms with Gasteiger partial charge in [-0.1, -0.05) is 50.2 Å². The Morgan fingerprint density at radius 3 is 2.66 bits per heavy atom.